The summed E-state index contributed by atoms with van der Waals surface area (Å²) in [7, 11) is 1.75. The molecule has 0 aromatic rings. The fraction of sp³-hybridized carbons (Fsp3) is 0.909. The molecule has 80 valence electrons. The molecule has 0 aromatic heterocycles. The number of hydrogen-bond acceptors (Lipinski definition) is 2. The lowest BCUT2D eigenvalue weighted by atomic mass is 9.94. The van der Waals surface area contributed by atoms with Gasteiger partial charge < -0.3 is 5.32 Å². The summed E-state index contributed by atoms with van der Waals surface area (Å²) in [4.78, 5) is 14.3. The Balaban J connectivity index is 2.25. The maximum Gasteiger partial charge on any atom is 0.240 e. The molecule has 1 aliphatic carbocycles. The number of nitrogens with zero attached hydrogens (tertiary/aromatic N) is 1. The second-order valence-electron chi connectivity index (χ2n) is 4.97. The number of carbonyl (C=O) groups excluding carboxylic acids is 1. The van der Waals surface area contributed by atoms with Gasteiger partial charge in [0.25, 0.3) is 0 Å². The average Bonchev–Trinajstić information content (AvgIpc) is 2.74. The summed E-state index contributed by atoms with van der Waals surface area (Å²) < 4.78 is 0. The largest absolute Gasteiger partial charge is 0.358 e. The molecule has 2 atom stereocenters. The van der Waals surface area contributed by atoms with Crippen LogP contribution in [0.1, 0.15) is 33.1 Å². The Morgan fingerprint density at radius 3 is 2.79 bits per heavy atom. The number of likely N-dealkylation sites (N-methyl/N-ethyl adjacent to an activating group) is 1. The first-order valence-electron chi connectivity index (χ1n) is 5.59. The van der Waals surface area contributed by atoms with Crippen molar-refractivity contribution in [3.63, 3.8) is 0 Å². The van der Waals surface area contributed by atoms with E-state index in [1.54, 1.807) is 7.05 Å². The quantitative estimate of drug-likeness (QED) is 0.714. The zero-order chi connectivity index (χ0) is 10.3. The first kappa shape index (κ1) is 9.97. The Hall–Kier alpha value is -0.570. The van der Waals surface area contributed by atoms with E-state index in [0.29, 0.717) is 6.04 Å². The van der Waals surface area contributed by atoms with Crippen molar-refractivity contribution >= 4 is 5.91 Å². The summed E-state index contributed by atoms with van der Waals surface area (Å²) in [6, 6.07) is 0.484. The highest BCUT2D eigenvalue weighted by Crippen LogP contribution is 2.47. The van der Waals surface area contributed by atoms with Gasteiger partial charge in [0.1, 0.15) is 5.54 Å². The van der Waals surface area contributed by atoms with E-state index in [1.165, 1.54) is 6.42 Å². The topological polar surface area (TPSA) is 32.3 Å². The van der Waals surface area contributed by atoms with Crippen molar-refractivity contribution in [2.24, 2.45) is 5.92 Å². The maximum absolute atomic E-state index is 12.0. The van der Waals surface area contributed by atoms with Crippen molar-refractivity contribution in [3.05, 3.63) is 0 Å². The second-order valence-corrected chi connectivity index (χ2v) is 4.97. The SMILES string of the molecule is CNC(=O)C12CCC(CN1C(C)C)C2. The molecule has 1 heterocycles. The van der Waals surface area contributed by atoms with E-state index in [1.807, 2.05) is 0 Å². The summed E-state index contributed by atoms with van der Waals surface area (Å²) in [6.07, 6.45) is 3.36. The minimum atomic E-state index is -0.159. The molecule has 1 saturated heterocycles. The van der Waals surface area contributed by atoms with Crippen LogP contribution in [0.4, 0.5) is 0 Å². The lowest BCUT2D eigenvalue weighted by molar-refractivity contribution is -0.132. The molecule has 3 nitrogen and oxygen atoms in total. The maximum atomic E-state index is 12.0. The zero-order valence-corrected chi connectivity index (χ0v) is 9.34. The predicted molar refractivity (Wildman–Crippen MR) is 56.0 cm³/mol. The first-order valence-corrected chi connectivity index (χ1v) is 5.59. The van der Waals surface area contributed by atoms with Gasteiger partial charge in [-0.1, -0.05) is 0 Å². The van der Waals surface area contributed by atoms with Crippen LogP contribution in [0.3, 0.4) is 0 Å². The average molecular weight is 196 g/mol. The second kappa shape index (κ2) is 3.23. The first-order chi connectivity index (χ1) is 6.60. The molecule has 2 rings (SSSR count). The Morgan fingerprint density at radius 2 is 2.29 bits per heavy atom. The number of rotatable bonds is 2. The molecule has 14 heavy (non-hydrogen) atoms. The van der Waals surface area contributed by atoms with Crippen molar-refractivity contribution in [2.75, 3.05) is 13.6 Å². The number of hydrogen-bond donors (Lipinski definition) is 1. The molecule has 2 aliphatic rings. The lowest BCUT2D eigenvalue weighted by Crippen LogP contribution is -2.57. The van der Waals surface area contributed by atoms with E-state index >= 15 is 0 Å². The highest BCUT2D eigenvalue weighted by Gasteiger charge is 2.55. The summed E-state index contributed by atoms with van der Waals surface area (Å²) in [5, 5.41) is 2.83. The number of nitrogens with one attached hydrogen (secondary N) is 1. The monoisotopic (exact) mass is 196 g/mol. The van der Waals surface area contributed by atoms with Gasteiger partial charge in [-0.05, 0) is 39.0 Å². The van der Waals surface area contributed by atoms with Crippen molar-refractivity contribution in [2.45, 2.75) is 44.7 Å². The van der Waals surface area contributed by atoms with Crippen LogP contribution in [0, 0.1) is 5.92 Å². The van der Waals surface area contributed by atoms with Gasteiger partial charge >= 0.3 is 0 Å². The number of likely N-dealkylation sites (tertiary alicyclic amines) is 1. The number of carbonyl (C=O) groups is 1. The third kappa shape index (κ3) is 1.18. The van der Waals surface area contributed by atoms with Gasteiger partial charge in [-0.15, -0.1) is 0 Å². The van der Waals surface area contributed by atoms with E-state index in [2.05, 4.69) is 24.1 Å². The molecule has 1 N–H and O–H groups in total. The fourth-order valence-electron chi connectivity index (χ4n) is 3.27. The van der Waals surface area contributed by atoms with Crippen molar-refractivity contribution < 1.29 is 4.79 Å². The molecule has 0 aromatic carbocycles. The smallest absolute Gasteiger partial charge is 0.240 e. The normalized spacial score (nSPS) is 36.7. The van der Waals surface area contributed by atoms with Crippen LogP contribution < -0.4 is 5.32 Å². The van der Waals surface area contributed by atoms with E-state index in [9.17, 15) is 4.79 Å². The molecular formula is C11H20N2O. The fourth-order valence-corrected chi connectivity index (χ4v) is 3.27. The van der Waals surface area contributed by atoms with Gasteiger partial charge in [0.2, 0.25) is 5.91 Å². The molecule has 0 spiro atoms. The van der Waals surface area contributed by atoms with Crippen LogP contribution in [0.5, 0.6) is 0 Å². The van der Waals surface area contributed by atoms with E-state index < -0.39 is 0 Å². The van der Waals surface area contributed by atoms with Crippen LogP contribution in [0.2, 0.25) is 0 Å². The molecule has 1 saturated carbocycles. The predicted octanol–water partition coefficient (Wildman–Crippen LogP) is 0.995. The summed E-state index contributed by atoms with van der Waals surface area (Å²) >= 11 is 0. The summed E-state index contributed by atoms with van der Waals surface area (Å²) in [5.74, 6) is 0.987. The van der Waals surface area contributed by atoms with Crippen LogP contribution >= 0.6 is 0 Å². The Morgan fingerprint density at radius 1 is 1.57 bits per heavy atom. The molecule has 2 fully saturated rings. The molecule has 0 radical (unpaired) electrons. The van der Waals surface area contributed by atoms with Crippen LogP contribution in [-0.4, -0.2) is 36.0 Å². The lowest BCUT2D eigenvalue weighted by Gasteiger charge is -2.39. The van der Waals surface area contributed by atoms with E-state index in [-0.39, 0.29) is 11.4 Å². The molecule has 2 unspecified atom stereocenters. The van der Waals surface area contributed by atoms with Gasteiger partial charge in [-0.2, -0.15) is 0 Å². The molecule has 3 heteroatoms. The standard InChI is InChI=1S/C11H20N2O/c1-8(2)13-7-9-4-5-11(13,6-9)10(14)12-3/h8-9H,4-7H2,1-3H3,(H,12,14). The number of fused-ring (bicyclic) bond motifs is 2. The van der Waals surface area contributed by atoms with Gasteiger partial charge in [0.05, 0.1) is 0 Å². The number of piperidine rings is 1. The van der Waals surface area contributed by atoms with E-state index in [0.717, 1.165) is 25.3 Å². The van der Waals surface area contributed by atoms with Crippen LogP contribution in [0.15, 0.2) is 0 Å². The number of amides is 1. The highest BCUT2D eigenvalue weighted by molar-refractivity contribution is 5.87. The highest BCUT2D eigenvalue weighted by atomic mass is 16.2. The third-order valence-electron chi connectivity index (χ3n) is 3.87. The van der Waals surface area contributed by atoms with Crippen molar-refractivity contribution in [3.8, 4) is 0 Å². The van der Waals surface area contributed by atoms with Gasteiger partial charge in [0, 0.05) is 19.6 Å². The Labute approximate surface area is 85.8 Å². The van der Waals surface area contributed by atoms with Crippen LogP contribution in [-0.2, 0) is 4.79 Å². The molecule has 1 amide bonds. The van der Waals surface area contributed by atoms with Gasteiger partial charge in [-0.3, -0.25) is 9.69 Å². The minimum Gasteiger partial charge on any atom is -0.358 e. The third-order valence-corrected chi connectivity index (χ3v) is 3.87. The minimum absolute atomic E-state index is 0.159. The Kier molecular flexibility index (Phi) is 2.30. The van der Waals surface area contributed by atoms with Gasteiger partial charge in [0.15, 0.2) is 0 Å². The van der Waals surface area contributed by atoms with E-state index in [4.69, 9.17) is 0 Å². The summed E-state index contributed by atoms with van der Waals surface area (Å²) in [6.45, 7) is 5.49. The van der Waals surface area contributed by atoms with Crippen LogP contribution in [0.25, 0.3) is 0 Å². The van der Waals surface area contributed by atoms with Crippen molar-refractivity contribution in [1.82, 2.24) is 10.2 Å². The molecule has 2 bridgehead atoms. The molecule has 1 aliphatic heterocycles. The Bertz CT molecular complexity index is 252. The zero-order valence-electron chi connectivity index (χ0n) is 9.34. The summed E-state index contributed by atoms with van der Waals surface area (Å²) in [5.41, 5.74) is -0.159. The van der Waals surface area contributed by atoms with Crippen molar-refractivity contribution in [1.29, 1.82) is 0 Å². The van der Waals surface area contributed by atoms with Gasteiger partial charge in [-0.25, -0.2) is 0 Å². The molecular weight excluding hydrogens is 176 g/mol.